The number of amides is 1. The van der Waals surface area contributed by atoms with E-state index in [0.29, 0.717) is 10.4 Å². The SMILES string of the molecule is O=C(NN=Cc1sc2ccccc2c1O)c1cccc(Br)c1. The minimum absolute atomic E-state index is 0.182. The Balaban J connectivity index is 1.76. The molecular formula is C16H11BrN2O2S. The molecule has 0 saturated carbocycles. The Morgan fingerprint density at radius 1 is 1.23 bits per heavy atom. The lowest BCUT2D eigenvalue weighted by Crippen LogP contribution is -2.17. The smallest absolute Gasteiger partial charge is 0.271 e. The number of benzene rings is 2. The average molecular weight is 375 g/mol. The molecule has 0 aliphatic heterocycles. The third-order valence-corrected chi connectivity index (χ3v) is 4.62. The number of rotatable bonds is 3. The number of halogens is 1. The van der Waals surface area contributed by atoms with Gasteiger partial charge in [-0.3, -0.25) is 4.79 Å². The van der Waals surface area contributed by atoms with Crippen molar-refractivity contribution in [2.75, 3.05) is 0 Å². The number of fused-ring (bicyclic) bond motifs is 1. The summed E-state index contributed by atoms with van der Waals surface area (Å²) in [5.41, 5.74) is 2.96. The van der Waals surface area contributed by atoms with Crippen molar-refractivity contribution >= 4 is 49.5 Å². The van der Waals surface area contributed by atoms with E-state index in [0.717, 1.165) is 14.6 Å². The van der Waals surface area contributed by atoms with Crippen LogP contribution in [0.3, 0.4) is 0 Å². The molecule has 6 heteroatoms. The van der Waals surface area contributed by atoms with Crippen LogP contribution in [0.5, 0.6) is 5.75 Å². The van der Waals surface area contributed by atoms with Gasteiger partial charge in [-0.2, -0.15) is 5.10 Å². The van der Waals surface area contributed by atoms with Crippen molar-refractivity contribution < 1.29 is 9.90 Å². The summed E-state index contributed by atoms with van der Waals surface area (Å²) < 4.78 is 1.80. The summed E-state index contributed by atoms with van der Waals surface area (Å²) in [6, 6.07) is 14.6. The molecule has 0 bridgehead atoms. The van der Waals surface area contributed by atoms with Gasteiger partial charge in [0.15, 0.2) is 0 Å². The van der Waals surface area contributed by atoms with Gasteiger partial charge in [0.25, 0.3) is 5.91 Å². The maximum atomic E-state index is 11.9. The molecule has 0 aliphatic rings. The lowest BCUT2D eigenvalue weighted by Gasteiger charge is -1.99. The van der Waals surface area contributed by atoms with E-state index in [1.165, 1.54) is 17.6 Å². The molecule has 110 valence electrons. The molecule has 0 aliphatic carbocycles. The van der Waals surface area contributed by atoms with E-state index in [4.69, 9.17) is 0 Å². The highest BCUT2D eigenvalue weighted by Crippen LogP contribution is 2.35. The van der Waals surface area contributed by atoms with Crippen LogP contribution < -0.4 is 5.43 Å². The average Bonchev–Trinajstić information content (AvgIpc) is 2.84. The Morgan fingerprint density at radius 3 is 2.82 bits per heavy atom. The summed E-state index contributed by atoms with van der Waals surface area (Å²) in [5.74, 6) is -0.126. The normalized spacial score (nSPS) is 11.1. The van der Waals surface area contributed by atoms with Gasteiger partial charge in [0.2, 0.25) is 0 Å². The highest BCUT2D eigenvalue weighted by molar-refractivity contribution is 9.10. The van der Waals surface area contributed by atoms with E-state index in [-0.39, 0.29) is 11.7 Å². The molecule has 0 fully saturated rings. The van der Waals surface area contributed by atoms with Crippen LogP contribution in [0.15, 0.2) is 58.1 Å². The zero-order valence-electron chi connectivity index (χ0n) is 11.3. The van der Waals surface area contributed by atoms with Gasteiger partial charge in [0, 0.05) is 20.1 Å². The van der Waals surface area contributed by atoms with Crippen LogP contribution in [0.25, 0.3) is 10.1 Å². The minimum atomic E-state index is -0.307. The zero-order valence-corrected chi connectivity index (χ0v) is 13.7. The third-order valence-electron chi connectivity index (χ3n) is 3.03. The Morgan fingerprint density at radius 2 is 2.05 bits per heavy atom. The van der Waals surface area contributed by atoms with Crippen LogP contribution in [0, 0.1) is 0 Å². The molecule has 2 aromatic carbocycles. The summed E-state index contributed by atoms with van der Waals surface area (Å²) in [6.07, 6.45) is 1.45. The fourth-order valence-electron chi connectivity index (χ4n) is 1.98. The summed E-state index contributed by atoms with van der Waals surface area (Å²) in [6.45, 7) is 0. The summed E-state index contributed by atoms with van der Waals surface area (Å²) in [4.78, 5) is 12.5. The van der Waals surface area contributed by atoms with Gasteiger partial charge in [0.1, 0.15) is 5.75 Å². The molecule has 1 amide bonds. The highest BCUT2D eigenvalue weighted by Gasteiger charge is 2.09. The first-order valence-electron chi connectivity index (χ1n) is 6.44. The van der Waals surface area contributed by atoms with Crippen LogP contribution in [-0.4, -0.2) is 17.2 Å². The molecule has 4 nitrogen and oxygen atoms in total. The minimum Gasteiger partial charge on any atom is -0.506 e. The van der Waals surface area contributed by atoms with Gasteiger partial charge in [-0.25, -0.2) is 5.43 Å². The Hall–Kier alpha value is -2.18. The van der Waals surface area contributed by atoms with Crippen molar-refractivity contribution in [2.45, 2.75) is 0 Å². The third kappa shape index (κ3) is 3.03. The molecule has 3 aromatic rings. The van der Waals surface area contributed by atoms with Gasteiger partial charge < -0.3 is 5.11 Å². The monoisotopic (exact) mass is 374 g/mol. The van der Waals surface area contributed by atoms with Gasteiger partial charge in [0.05, 0.1) is 11.1 Å². The van der Waals surface area contributed by atoms with Gasteiger partial charge in [-0.15, -0.1) is 11.3 Å². The van der Waals surface area contributed by atoms with Crippen molar-refractivity contribution in [1.82, 2.24) is 5.43 Å². The summed E-state index contributed by atoms with van der Waals surface area (Å²) in [5, 5.41) is 14.8. The van der Waals surface area contributed by atoms with Gasteiger partial charge in [-0.05, 0) is 30.3 Å². The maximum Gasteiger partial charge on any atom is 0.271 e. The molecule has 0 unspecified atom stereocenters. The topological polar surface area (TPSA) is 61.7 Å². The molecule has 0 spiro atoms. The number of nitrogens with zero attached hydrogens (tertiary/aromatic N) is 1. The van der Waals surface area contributed by atoms with Crippen LogP contribution in [0.1, 0.15) is 15.2 Å². The number of hydrazone groups is 1. The lowest BCUT2D eigenvalue weighted by atomic mass is 10.2. The first-order chi connectivity index (χ1) is 10.6. The zero-order chi connectivity index (χ0) is 15.5. The second-order valence-corrected chi connectivity index (χ2v) is 6.52. The number of nitrogens with one attached hydrogen (secondary N) is 1. The van der Waals surface area contributed by atoms with E-state index in [2.05, 4.69) is 26.5 Å². The predicted octanol–water partition coefficient (Wildman–Crippen LogP) is 4.13. The molecule has 0 atom stereocenters. The molecule has 22 heavy (non-hydrogen) atoms. The van der Waals surface area contributed by atoms with Crippen molar-refractivity contribution in [3.8, 4) is 5.75 Å². The first kappa shape index (κ1) is 14.7. The molecule has 1 heterocycles. The summed E-state index contributed by atoms with van der Waals surface area (Å²) >= 11 is 4.73. The number of carbonyl (C=O) groups is 1. The van der Waals surface area contributed by atoms with E-state index in [9.17, 15) is 9.90 Å². The van der Waals surface area contributed by atoms with Crippen molar-refractivity contribution in [1.29, 1.82) is 0 Å². The van der Waals surface area contributed by atoms with E-state index < -0.39 is 0 Å². The molecule has 0 radical (unpaired) electrons. The number of hydrogen-bond donors (Lipinski definition) is 2. The van der Waals surface area contributed by atoms with Crippen LogP contribution in [0.2, 0.25) is 0 Å². The number of hydrogen-bond acceptors (Lipinski definition) is 4. The predicted molar refractivity (Wildman–Crippen MR) is 92.7 cm³/mol. The second-order valence-electron chi connectivity index (χ2n) is 4.52. The van der Waals surface area contributed by atoms with Gasteiger partial charge >= 0.3 is 0 Å². The fraction of sp³-hybridized carbons (Fsp3) is 0. The fourth-order valence-corrected chi connectivity index (χ4v) is 3.35. The standard InChI is InChI=1S/C16H11BrN2O2S/c17-11-5-3-4-10(8-11)16(21)19-18-9-14-15(20)12-6-1-2-7-13(12)22-14/h1-9,20H,(H,19,21). The number of carbonyl (C=O) groups excluding carboxylic acids is 1. The highest BCUT2D eigenvalue weighted by atomic mass is 79.9. The quantitative estimate of drug-likeness (QED) is 0.534. The molecular weight excluding hydrogens is 364 g/mol. The van der Waals surface area contributed by atoms with Crippen molar-refractivity contribution in [3.05, 3.63) is 63.4 Å². The van der Waals surface area contributed by atoms with E-state index in [1.54, 1.807) is 18.2 Å². The summed E-state index contributed by atoms with van der Waals surface area (Å²) in [7, 11) is 0. The van der Waals surface area contributed by atoms with Crippen LogP contribution in [-0.2, 0) is 0 Å². The largest absolute Gasteiger partial charge is 0.506 e. The van der Waals surface area contributed by atoms with Gasteiger partial charge in [-0.1, -0.05) is 34.1 Å². The second kappa shape index (κ2) is 6.29. The Labute approximate surface area is 139 Å². The Kier molecular flexibility index (Phi) is 4.22. The van der Waals surface area contributed by atoms with E-state index in [1.807, 2.05) is 30.3 Å². The Bertz CT molecular complexity index is 873. The van der Waals surface area contributed by atoms with Crippen molar-refractivity contribution in [2.24, 2.45) is 5.10 Å². The maximum absolute atomic E-state index is 11.9. The van der Waals surface area contributed by atoms with Crippen LogP contribution in [0.4, 0.5) is 0 Å². The first-order valence-corrected chi connectivity index (χ1v) is 8.05. The number of thiophene rings is 1. The number of aromatic hydroxyl groups is 1. The molecule has 2 N–H and O–H groups in total. The lowest BCUT2D eigenvalue weighted by molar-refractivity contribution is 0.0955. The van der Waals surface area contributed by atoms with Crippen molar-refractivity contribution in [3.63, 3.8) is 0 Å². The molecule has 0 saturated heterocycles. The van der Waals surface area contributed by atoms with Crippen LogP contribution >= 0.6 is 27.3 Å². The molecule has 3 rings (SSSR count). The molecule has 1 aromatic heterocycles. The van der Waals surface area contributed by atoms with E-state index >= 15 is 0 Å².